The molecule has 0 saturated carbocycles. The van der Waals surface area contributed by atoms with Gasteiger partial charge in [0.15, 0.2) is 17.5 Å². The van der Waals surface area contributed by atoms with Gasteiger partial charge in [-0.25, -0.2) is 0 Å². The number of benzene rings is 1. The van der Waals surface area contributed by atoms with E-state index in [1.807, 2.05) is 6.07 Å². The largest absolute Gasteiger partial charge is 0.454 e. The van der Waals surface area contributed by atoms with Crippen molar-refractivity contribution in [2.75, 3.05) is 66.2 Å². The van der Waals surface area contributed by atoms with E-state index in [2.05, 4.69) is 46.1 Å². The number of hydrogen-bond acceptors (Lipinski definition) is 5. The van der Waals surface area contributed by atoms with Crippen LogP contribution in [0.2, 0.25) is 0 Å². The van der Waals surface area contributed by atoms with Gasteiger partial charge in [-0.3, -0.25) is 9.89 Å². The van der Waals surface area contributed by atoms with Crippen molar-refractivity contribution in [2.45, 2.75) is 32.7 Å². The van der Waals surface area contributed by atoms with Gasteiger partial charge in [-0.15, -0.1) is 24.0 Å². The van der Waals surface area contributed by atoms with E-state index in [9.17, 15) is 0 Å². The molecule has 2 fully saturated rings. The van der Waals surface area contributed by atoms with Gasteiger partial charge in [0.1, 0.15) is 0 Å². The van der Waals surface area contributed by atoms with Crippen LogP contribution >= 0.6 is 24.0 Å². The average Bonchev–Trinajstić information content (AvgIpc) is 3.23. The molecule has 0 aliphatic carbocycles. The van der Waals surface area contributed by atoms with E-state index in [1.54, 1.807) is 0 Å². The lowest BCUT2D eigenvalue weighted by molar-refractivity contribution is 0.171. The predicted octanol–water partition coefficient (Wildman–Crippen LogP) is 2.85. The minimum atomic E-state index is 0. The summed E-state index contributed by atoms with van der Waals surface area (Å²) in [4.78, 5) is 12.3. The van der Waals surface area contributed by atoms with Crippen molar-refractivity contribution in [3.05, 3.63) is 23.8 Å². The van der Waals surface area contributed by atoms with Crippen LogP contribution in [0.15, 0.2) is 23.2 Å². The van der Waals surface area contributed by atoms with E-state index in [1.165, 1.54) is 37.9 Å². The zero-order chi connectivity index (χ0) is 20.8. The van der Waals surface area contributed by atoms with Crippen LogP contribution in [0.3, 0.4) is 0 Å². The highest BCUT2D eigenvalue weighted by molar-refractivity contribution is 14.0. The molecular formula is C23H38IN5O2. The van der Waals surface area contributed by atoms with E-state index in [-0.39, 0.29) is 24.0 Å². The SMILES string of the molecule is CCNC(=NCCC1CCN(C)CC1)N1CCN(Cc2ccc3c(c2)OCO3)CC1.I. The number of aliphatic imine (C=N–C) groups is 1. The van der Waals surface area contributed by atoms with Gasteiger partial charge in [0.2, 0.25) is 6.79 Å². The fraction of sp³-hybridized carbons (Fsp3) is 0.696. The van der Waals surface area contributed by atoms with Gasteiger partial charge < -0.3 is 24.6 Å². The van der Waals surface area contributed by atoms with Crippen molar-refractivity contribution in [1.29, 1.82) is 0 Å². The summed E-state index contributed by atoms with van der Waals surface area (Å²) in [5, 5.41) is 3.51. The van der Waals surface area contributed by atoms with Crippen LogP contribution < -0.4 is 14.8 Å². The Morgan fingerprint density at radius 2 is 1.81 bits per heavy atom. The van der Waals surface area contributed by atoms with Crippen molar-refractivity contribution >= 4 is 29.9 Å². The molecule has 3 heterocycles. The van der Waals surface area contributed by atoms with Crippen LogP contribution in [0, 0.1) is 5.92 Å². The van der Waals surface area contributed by atoms with Gasteiger partial charge in [0.25, 0.3) is 0 Å². The monoisotopic (exact) mass is 543 g/mol. The molecule has 1 aromatic rings. The fourth-order valence-corrected chi connectivity index (χ4v) is 4.54. The maximum atomic E-state index is 5.51. The first kappa shape index (κ1) is 24.4. The van der Waals surface area contributed by atoms with Crippen LogP contribution in [0.5, 0.6) is 11.5 Å². The summed E-state index contributed by atoms with van der Waals surface area (Å²) in [6.45, 7) is 11.9. The van der Waals surface area contributed by atoms with Crippen LogP contribution in [0.1, 0.15) is 31.7 Å². The van der Waals surface area contributed by atoms with Crippen LogP contribution in [-0.4, -0.2) is 86.9 Å². The summed E-state index contributed by atoms with van der Waals surface area (Å²) in [6.07, 6.45) is 3.86. The number of likely N-dealkylation sites (tertiary alicyclic amines) is 1. The first-order valence-electron chi connectivity index (χ1n) is 11.5. The topological polar surface area (TPSA) is 52.6 Å². The maximum Gasteiger partial charge on any atom is 0.231 e. The van der Waals surface area contributed by atoms with E-state index < -0.39 is 0 Å². The molecule has 8 heteroatoms. The summed E-state index contributed by atoms with van der Waals surface area (Å²) in [7, 11) is 2.23. The summed E-state index contributed by atoms with van der Waals surface area (Å²) >= 11 is 0. The highest BCUT2D eigenvalue weighted by atomic mass is 127. The number of ether oxygens (including phenoxy) is 2. The molecule has 3 aliphatic heterocycles. The van der Waals surface area contributed by atoms with Crippen molar-refractivity contribution < 1.29 is 9.47 Å². The van der Waals surface area contributed by atoms with Crippen molar-refractivity contribution in [1.82, 2.24) is 20.0 Å². The zero-order valence-corrected chi connectivity index (χ0v) is 21.3. The average molecular weight is 543 g/mol. The molecule has 0 aromatic heterocycles. The molecule has 0 bridgehead atoms. The van der Waals surface area contributed by atoms with E-state index in [4.69, 9.17) is 14.5 Å². The van der Waals surface area contributed by atoms with Gasteiger partial charge in [0, 0.05) is 45.8 Å². The highest BCUT2D eigenvalue weighted by Gasteiger charge is 2.21. The summed E-state index contributed by atoms with van der Waals surface area (Å²) < 4.78 is 10.9. The Morgan fingerprint density at radius 1 is 1.06 bits per heavy atom. The Balaban J connectivity index is 0.00000272. The molecule has 1 aromatic carbocycles. The summed E-state index contributed by atoms with van der Waals surface area (Å²) in [5.41, 5.74) is 1.28. The lowest BCUT2D eigenvalue weighted by atomic mass is 9.94. The third kappa shape index (κ3) is 6.86. The summed E-state index contributed by atoms with van der Waals surface area (Å²) in [6, 6.07) is 6.28. The number of piperidine rings is 1. The number of nitrogens with one attached hydrogen (secondary N) is 1. The zero-order valence-electron chi connectivity index (χ0n) is 19.0. The molecule has 0 spiro atoms. The van der Waals surface area contributed by atoms with Gasteiger partial charge in [-0.05, 0) is 69.9 Å². The van der Waals surface area contributed by atoms with E-state index >= 15 is 0 Å². The van der Waals surface area contributed by atoms with Gasteiger partial charge in [-0.1, -0.05) is 6.07 Å². The molecular weight excluding hydrogens is 505 g/mol. The Labute approximate surface area is 204 Å². The Kier molecular flexibility index (Phi) is 9.52. The number of nitrogens with zero attached hydrogens (tertiary/aromatic N) is 4. The van der Waals surface area contributed by atoms with Crippen LogP contribution in [0.4, 0.5) is 0 Å². The molecule has 7 nitrogen and oxygen atoms in total. The van der Waals surface area contributed by atoms with Crippen molar-refractivity contribution in [3.63, 3.8) is 0 Å². The number of fused-ring (bicyclic) bond motifs is 1. The van der Waals surface area contributed by atoms with Gasteiger partial charge in [-0.2, -0.15) is 0 Å². The van der Waals surface area contributed by atoms with Gasteiger partial charge >= 0.3 is 0 Å². The first-order chi connectivity index (χ1) is 14.7. The summed E-state index contributed by atoms with van der Waals surface area (Å²) in [5.74, 6) is 3.66. The molecule has 4 rings (SSSR count). The number of guanidine groups is 1. The molecule has 0 unspecified atom stereocenters. The minimum Gasteiger partial charge on any atom is -0.454 e. The lowest BCUT2D eigenvalue weighted by Crippen LogP contribution is -2.52. The molecule has 0 radical (unpaired) electrons. The molecule has 0 amide bonds. The normalized spacial score (nSPS) is 20.6. The fourth-order valence-electron chi connectivity index (χ4n) is 4.54. The highest BCUT2D eigenvalue weighted by Crippen LogP contribution is 2.32. The van der Waals surface area contributed by atoms with Gasteiger partial charge in [0.05, 0.1) is 0 Å². The second-order valence-electron chi connectivity index (χ2n) is 8.72. The molecule has 2 saturated heterocycles. The number of piperazine rings is 1. The molecule has 0 atom stereocenters. The Morgan fingerprint density at radius 3 is 2.55 bits per heavy atom. The second-order valence-corrected chi connectivity index (χ2v) is 8.72. The van der Waals surface area contributed by atoms with E-state index in [0.717, 1.165) is 69.2 Å². The Hall–Kier alpha value is -1.26. The first-order valence-corrected chi connectivity index (χ1v) is 11.5. The Bertz CT molecular complexity index is 716. The van der Waals surface area contributed by atoms with E-state index in [0.29, 0.717) is 6.79 Å². The lowest BCUT2D eigenvalue weighted by Gasteiger charge is -2.36. The number of hydrogen-bond donors (Lipinski definition) is 1. The number of rotatable bonds is 6. The van der Waals surface area contributed by atoms with Crippen LogP contribution in [0.25, 0.3) is 0 Å². The quantitative estimate of drug-likeness (QED) is 0.339. The molecule has 174 valence electrons. The molecule has 31 heavy (non-hydrogen) atoms. The predicted molar refractivity (Wildman–Crippen MR) is 136 cm³/mol. The second kappa shape index (κ2) is 12.1. The van der Waals surface area contributed by atoms with Crippen molar-refractivity contribution in [2.24, 2.45) is 10.9 Å². The third-order valence-corrected chi connectivity index (χ3v) is 6.49. The maximum absolute atomic E-state index is 5.51. The smallest absolute Gasteiger partial charge is 0.231 e. The van der Waals surface area contributed by atoms with Crippen molar-refractivity contribution in [3.8, 4) is 11.5 Å². The van der Waals surface area contributed by atoms with Crippen LogP contribution in [-0.2, 0) is 6.54 Å². The molecule has 1 N–H and O–H groups in total. The third-order valence-electron chi connectivity index (χ3n) is 6.49. The number of halogens is 1. The standard InChI is InChI=1S/C23H37N5O2.HI/c1-3-24-23(25-9-6-19-7-10-26(2)11-8-19)28-14-12-27(13-15-28)17-20-4-5-21-22(16-20)30-18-29-21;/h4-5,16,19H,3,6-15,17-18H2,1-2H3,(H,24,25);1H. The molecule has 3 aliphatic rings. The minimum absolute atomic E-state index is 0.